The molecule has 0 radical (unpaired) electrons. The molecule has 4 rings (SSSR count). The van der Waals surface area contributed by atoms with Crippen LogP contribution in [-0.4, -0.2) is 6.88 Å². The second-order valence-corrected chi connectivity index (χ2v) is 78.9. The van der Waals surface area contributed by atoms with Crippen molar-refractivity contribution in [1.82, 2.24) is 0 Å². The molecule has 0 N–H and O–H groups in total. The fourth-order valence-electron chi connectivity index (χ4n) is 5.07. The fraction of sp³-hybridized carbons (Fsp3) is 0.308. The largest absolute Gasteiger partial charge is 0.147 e. The molecule has 0 saturated carbocycles. The molecule has 0 spiro atoms. The molecule has 0 saturated heterocycles. The Morgan fingerprint density at radius 1 is 0.867 bits per heavy atom. The number of hydrogen-bond donors (Lipinski definition) is 0. The van der Waals surface area contributed by atoms with Gasteiger partial charge < -0.3 is 0 Å². The van der Waals surface area contributed by atoms with Gasteiger partial charge in [0.05, 0.1) is 0 Å². The first kappa shape index (κ1) is 25.6. The molecule has 2 aliphatic rings. The minimum atomic E-state index is -3.87. The number of hydrogen-bond acceptors (Lipinski definition) is 0. The zero-order chi connectivity index (χ0) is 20.5. The number of fused-ring (bicyclic) bond motifs is 1. The monoisotopic (exact) mass is 536 g/mol. The Labute approximate surface area is 190 Å². The summed E-state index contributed by atoms with van der Waals surface area (Å²) in [7, 11) is 0. The van der Waals surface area contributed by atoms with Crippen molar-refractivity contribution in [2.45, 2.75) is 42.4 Å². The number of rotatable bonds is 3. The van der Waals surface area contributed by atoms with Gasteiger partial charge in [0.2, 0.25) is 0 Å². The summed E-state index contributed by atoms with van der Waals surface area (Å²) in [5, 5.41) is 0. The van der Waals surface area contributed by atoms with Crippen molar-refractivity contribution in [3.8, 4) is 11.1 Å². The summed E-state index contributed by atoms with van der Waals surface area (Å²) in [6, 6.07) is 17.7. The Morgan fingerprint density at radius 3 is 2.10 bits per heavy atom. The molecule has 2 aliphatic carbocycles. The van der Waals surface area contributed by atoms with Crippen LogP contribution >= 0.6 is 24.8 Å². The molecule has 0 aromatic heterocycles. The van der Waals surface area contributed by atoms with Gasteiger partial charge in [-0.1, -0.05) is 0 Å². The summed E-state index contributed by atoms with van der Waals surface area (Å²) in [4.78, 5) is 0. The van der Waals surface area contributed by atoms with Crippen LogP contribution in [0.15, 0.2) is 75.1 Å². The summed E-state index contributed by atoms with van der Waals surface area (Å²) < 4.78 is 14.6. The average molecular weight is 539 g/mol. The third kappa shape index (κ3) is 4.73. The first-order valence-corrected chi connectivity index (χ1v) is 30.0. The molecule has 0 fully saturated rings. The molecule has 4 heteroatoms. The van der Waals surface area contributed by atoms with Crippen molar-refractivity contribution in [2.24, 2.45) is 0 Å². The van der Waals surface area contributed by atoms with E-state index in [4.69, 9.17) is 0 Å². The molecule has 0 bridgehead atoms. The van der Waals surface area contributed by atoms with Crippen LogP contribution in [0.4, 0.5) is 0 Å². The van der Waals surface area contributed by atoms with Crippen molar-refractivity contribution < 1.29 is 14.4 Å². The van der Waals surface area contributed by atoms with Gasteiger partial charge in [0.15, 0.2) is 0 Å². The third-order valence-electron chi connectivity index (χ3n) is 6.22. The summed E-state index contributed by atoms with van der Waals surface area (Å²) in [5.74, 6) is 0.421. The SMILES string of the molecule is CC1=Cc2c(-c3ccccc3)cccc2C1C1=[C]([Zr]([CH3])([CH3])([CH3])([CH3])([CH3])=[SiH2])C=CC1.Cl.Cl. The van der Waals surface area contributed by atoms with Gasteiger partial charge in [-0.05, 0) is 0 Å². The third-order valence-corrected chi connectivity index (χ3v) is 17.2. The van der Waals surface area contributed by atoms with Gasteiger partial charge in [-0.3, -0.25) is 0 Å². The van der Waals surface area contributed by atoms with Gasteiger partial charge >= 0.3 is 167 Å². The molecule has 1 unspecified atom stereocenters. The smallest absolute Gasteiger partial charge is 0.147 e. The molecule has 0 amide bonds. The van der Waals surface area contributed by atoms with Crippen LogP contribution in [0, 0.1) is 0 Å². The topological polar surface area (TPSA) is 0 Å². The summed E-state index contributed by atoms with van der Waals surface area (Å²) in [5.41, 5.74) is 8.70. The second kappa shape index (κ2) is 6.67. The van der Waals surface area contributed by atoms with E-state index in [1.54, 1.807) is 8.85 Å². The van der Waals surface area contributed by atoms with E-state index < -0.39 is 14.4 Å². The van der Waals surface area contributed by atoms with Gasteiger partial charge in [-0.2, -0.15) is 0 Å². The Morgan fingerprint density at radius 2 is 1.50 bits per heavy atom. The van der Waals surface area contributed by atoms with E-state index in [1.807, 2.05) is 0 Å². The molecule has 2 aromatic carbocycles. The van der Waals surface area contributed by atoms with Gasteiger partial charge in [0.1, 0.15) is 0 Å². The second-order valence-electron chi connectivity index (χ2n) is 14.2. The van der Waals surface area contributed by atoms with Crippen molar-refractivity contribution in [3.63, 3.8) is 0 Å². The van der Waals surface area contributed by atoms with E-state index >= 15 is 0 Å². The van der Waals surface area contributed by atoms with Crippen LogP contribution in [0.3, 0.4) is 0 Å². The maximum absolute atomic E-state index is 3.87. The van der Waals surface area contributed by atoms with E-state index in [1.165, 1.54) is 27.8 Å². The van der Waals surface area contributed by atoms with Crippen molar-refractivity contribution in [1.29, 1.82) is 0 Å². The van der Waals surface area contributed by atoms with Crippen molar-refractivity contribution in [2.75, 3.05) is 0 Å². The van der Waals surface area contributed by atoms with E-state index in [0.717, 1.165) is 6.42 Å². The summed E-state index contributed by atoms with van der Waals surface area (Å²) in [6.45, 7) is 4.64. The molecule has 30 heavy (non-hydrogen) atoms. The van der Waals surface area contributed by atoms with E-state index in [2.05, 4.69) is 104 Å². The van der Waals surface area contributed by atoms with E-state index in [-0.39, 0.29) is 24.8 Å². The molecule has 0 aliphatic heterocycles. The number of allylic oxidation sites excluding steroid dienone is 5. The normalized spacial score (nSPS) is 21.3. The van der Waals surface area contributed by atoms with Crippen LogP contribution < -0.4 is 0 Å². The van der Waals surface area contributed by atoms with Crippen LogP contribution in [0.25, 0.3) is 17.2 Å². The first-order chi connectivity index (χ1) is 12.7. The molecule has 0 heterocycles. The number of benzene rings is 2. The van der Waals surface area contributed by atoms with Crippen molar-refractivity contribution >= 4 is 37.8 Å². The molecular weight excluding hydrogens is 503 g/mol. The van der Waals surface area contributed by atoms with Crippen LogP contribution in [0.5, 0.6) is 0 Å². The fourth-order valence-corrected chi connectivity index (χ4v) is 14.8. The Hall–Kier alpha value is -0.660. The van der Waals surface area contributed by atoms with E-state index in [9.17, 15) is 0 Å². The van der Waals surface area contributed by atoms with Gasteiger partial charge in [-0.25, -0.2) is 0 Å². The van der Waals surface area contributed by atoms with Gasteiger partial charge in [-0.15, -0.1) is 24.8 Å². The van der Waals surface area contributed by atoms with Gasteiger partial charge in [0, 0.05) is 0 Å². The Bertz CT molecular complexity index is 1200. The molecule has 1 atom stereocenters. The molecule has 2 aromatic rings. The van der Waals surface area contributed by atoms with Crippen molar-refractivity contribution in [3.05, 3.63) is 86.2 Å². The zero-order valence-corrected chi connectivity index (χ0v) is 24.7. The summed E-state index contributed by atoms with van der Waals surface area (Å²) >= 11 is -3.87. The van der Waals surface area contributed by atoms with Gasteiger partial charge in [0.25, 0.3) is 0 Å². The van der Waals surface area contributed by atoms with E-state index in [0.29, 0.717) is 5.92 Å². The van der Waals surface area contributed by atoms with Crippen LogP contribution in [0.1, 0.15) is 30.4 Å². The Balaban J connectivity index is 0.00000160. The molecular formula is C26H36Cl2SiZr. The predicted molar refractivity (Wildman–Crippen MR) is 141 cm³/mol. The first-order valence-electron chi connectivity index (χ1n) is 10.6. The maximum atomic E-state index is 2.59. The minimum absolute atomic E-state index is 0. The van der Waals surface area contributed by atoms with Crippen LogP contribution in [0.2, 0.25) is 23.2 Å². The standard InChI is InChI=1S/C21H17.5CH3.2ClH.H2Si.Zr/c1-15-14-20-18(16-8-3-2-4-9-16)12-7-13-19(20)21(15)17-10-5-6-11-17;;;;;;;;;/h2-9,12-14,21H,10H2,1H3;5*1H3;2*1H;1H2;. The number of halogens is 2. The summed E-state index contributed by atoms with van der Waals surface area (Å²) in [6.07, 6.45) is 8.40. The van der Waals surface area contributed by atoms with Crippen LogP contribution in [-0.2, 0) is 14.4 Å². The quantitative estimate of drug-likeness (QED) is 0.344. The maximum Gasteiger partial charge on any atom is -0.147 e. The molecule has 162 valence electrons. The zero-order valence-electron chi connectivity index (χ0n) is 19.2. The predicted octanol–water partition coefficient (Wildman–Crippen LogP) is 8.46. The Kier molecular flexibility index (Phi) is 5.69. The average Bonchev–Trinajstić information content (AvgIpc) is 3.17. The minimum Gasteiger partial charge on any atom is -0.147 e. The molecule has 0 nitrogen and oxygen atoms in total.